The standard InChI is InChI=1S/C12H17ClN2O/c1-9-6-11(15(2)3)5-4-10(9)8-14-12(16)7-13/h4-6H,7-8H2,1-3H3,(H,14,16). The zero-order valence-electron chi connectivity index (χ0n) is 9.88. The molecule has 0 saturated carbocycles. The molecule has 1 aromatic rings. The third-order valence-corrected chi connectivity index (χ3v) is 2.68. The summed E-state index contributed by atoms with van der Waals surface area (Å²) < 4.78 is 0. The van der Waals surface area contributed by atoms with Crippen LogP contribution in [0.3, 0.4) is 0 Å². The fraction of sp³-hybridized carbons (Fsp3) is 0.417. The number of alkyl halides is 1. The molecule has 0 saturated heterocycles. The number of anilines is 1. The second-order valence-electron chi connectivity index (χ2n) is 3.92. The van der Waals surface area contributed by atoms with Gasteiger partial charge in [-0.05, 0) is 30.2 Å². The fourth-order valence-electron chi connectivity index (χ4n) is 1.40. The Labute approximate surface area is 101 Å². The molecule has 16 heavy (non-hydrogen) atoms. The fourth-order valence-corrected chi connectivity index (χ4v) is 1.49. The Hall–Kier alpha value is -1.22. The summed E-state index contributed by atoms with van der Waals surface area (Å²) in [6.45, 7) is 2.57. The smallest absolute Gasteiger partial charge is 0.235 e. The first-order chi connectivity index (χ1) is 7.54. The number of hydrogen-bond donors (Lipinski definition) is 1. The Bertz CT molecular complexity index is 377. The van der Waals surface area contributed by atoms with Gasteiger partial charge in [0.05, 0.1) is 0 Å². The average molecular weight is 241 g/mol. The second-order valence-corrected chi connectivity index (χ2v) is 4.18. The first-order valence-corrected chi connectivity index (χ1v) is 5.67. The molecule has 3 nitrogen and oxygen atoms in total. The van der Waals surface area contributed by atoms with Crippen molar-refractivity contribution in [3.05, 3.63) is 29.3 Å². The number of amides is 1. The van der Waals surface area contributed by atoms with Crippen molar-refractivity contribution in [3.63, 3.8) is 0 Å². The summed E-state index contributed by atoms with van der Waals surface area (Å²) >= 11 is 5.41. The molecule has 0 atom stereocenters. The SMILES string of the molecule is Cc1cc(N(C)C)ccc1CNC(=O)CCl. The molecule has 0 aromatic heterocycles. The molecule has 1 rings (SSSR count). The third kappa shape index (κ3) is 3.42. The van der Waals surface area contributed by atoms with E-state index in [-0.39, 0.29) is 11.8 Å². The van der Waals surface area contributed by atoms with E-state index < -0.39 is 0 Å². The van der Waals surface area contributed by atoms with Gasteiger partial charge in [-0.1, -0.05) is 6.07 Å². The lowest BCUT2D eigenvalue weighted by atomic mass is 10.1. The Morgan fingerprint density at radius 1 is 1.44 bits per heavy atom. The molecule has 0 aliphatic heterocycles. The molecule has 1 N–H and O–H groups in total. The van der Waals surface area contributed by atoms with Gasteiger partial charge in [0.25, 0.3) is 0 Å². The third-order valence-electron chi connectivity index (χ3n) is 2.44. The highest BCUT2D eigenvalue weighted by atomic mass is 35.5. The Morgan fingerprint density at radius 2 is 2.12 bits per heavy atom. The van der Waals surface area contributed by atoms with Crippen LogP contribution in [0.25, 0.3) is 0 Å². The highest BCUT2D eigenvalue weighted by molar-refractivity contribution is 6.27. The van der Waals surface area contributed by atoms with Crippen LogP contribution in [0.5, 0.6) is 0 Å². The van der Waals surface area contributed by atoms with Gasteiger partial charge in [0.2, 0.25) is 5.91 Å². The first-order valence-electron chi connectivity index (χ1n) is 5.14. The van der Waals surface area contributed by atoms with Gasteiger partial charge >= 0.3 is 0 Å². The van der Waals surface area contributed by atoms with Gasteiger partial charge < -0.3 is 10.2 Å². The first kappa shape index (κ1) is 12.8. The van der Waals surface area contributed by atoms with Crippen LogP contribution in [0.15, 0.2) is 18.2 Å². The molecule has 0 heterocycles. The molecule has 0 unspecified atom stereocenters. The summed E-state index contributed by atoms with van der Waals surface area (Å²) in [5.74, 6) is -0.132. The lowest BCUT2D eigenvalue weighted by molar-refractivity contribution is -0.118. The van der Waals surface area contributed by atoms with Gasteiger partial charge in [0, 0.05) is 26.3 Å². The van der Waals surface area contributed by atoms with Crippen LogP contribution in [-0.4, -0.2) is 25.9 Å². The molecule has 1 amide bonds. The minimum atomic E-state index is -0.141. The van der Waals surface area contributed by atoms with Crippen molar-refractivity contribution in [2.24, 2.45) is 0 Å². The van der Waals surface area contributed by atoms with Crippen molar-refractivity contribution in [2.75, 3.05) is 24.9 Å². The van der Waals surface area contributed by atoms with Crippen molar-refractivity contribution < 1.29 is 4.79 Å². The number of carbonyl (C=O) groups excluding carboxylic acids is 1. The van der Waals surface area contributed by atoms with Gasteiger partial charge in [-0.2, -0.15) is 0 Å². The van der Waals surface area contributed by atoms with Crippen LogP contribution in [0, 0.1) is 6.92 Å². The maximum absolute atomic E-state index is 11.0. The zero-order chi connectivity index (χ0) is 12.1. The van der Waals surface area contributed by atoms with Crippen molar-refractivity contribution in [1.82, 2.24) is 5.32 Å². The molecule has 1 aromatic carbocycles. The van der Waals surface area contributed by atoms with Crippen molar-refractivity contribution in [3.8, 4) is 0 Å². The topological polar surface area (TPSA) is 32.3 Å². The number of aryl methyl sites for hydroxylation is 1. The van der Waals surface area contributed by atoms with E-state index in [1.807, 2.05) is 38.1 Å². The summed E-state index contributed by atoms with van der Waals surface area (Å²) in [6, 6.07) is 6.16. The molecule has 0 radical (unpaired) electrons. The van der Waals surface area contributed by atoms with Gasteiger partial charge in [-0.25, -0.2) is 0 Å². The molecule has 4 heteroatoms. The minimum absolute atomic E-state index is 0.00876. The summed E-state index contributed by atoms with van der Waals surface area (Å²) in [5.41, 5.74) is 3.44. The zero-order valence-corrected chi connectivity index (χ0v) is 10.6. The number of nitrogens with one attached hydrogen (secondary N) is 1. The van der Waals surface area contributed by atoms with E-state index >= 15 is 0 Å². The lowest BCUT2D eigenvalue weighted by Crippen LogP contribution is -2.24. The van der Waals surface area contributed by atoms with E-state index in [0.29, 0.717) is 6.54 Å². The second kappa shape index (κ2) is 5.75. The number of rotatable bonds is 4. The van der Waals surface area contributed by atoms with Gasteiger partial charge in [0.15, 0.2) is 0 Å². The maximum atomic E-state index is 11.0. The van der Waals surface area contributed by atoms with E-state index in [4.69, 9.17) is 11.6 Å². The Kier molecular flexibility index (Phi) is 4.62. The quantitative estimate of drug-likeness (QED) is 0.816. The number of benzene rings is 1. The van der Waals surface area contributed by atoms with E-state index in [1.165, 1.54) is 5.56 Å². The summed E-state index contributed by atoms with van der Waals surface area (Å²) in [6.07, 6.45) is 0. The highest BCUT2D eigenvalue weighted by Crippen LogP contribution is 2.17. The van der Waals surface area contributed by atoms with E-state index in [2.05, 4.69) is 11.4 Å². The molecule has 0 spiro atoms. The summed E-state index contributed by atoms with van der Waals surface area (Å²) in [5, 5.41) is 2.75. The predicted molar refractivity (Wildman–Crippen MR) is 68.1 cm³/mol. The van der Waals surface area contributed by atoms with Gasteiger partial charge in [-0.15, -0.1) is 11.6 Å². The van der Waals surface area contributed by atoms with Crippen LogP contribution in [0.2, 0.25) is 0 Å². The van der Waals surface area contributed by atoms with Crippen LogP contribution >= 0.6 is 11.6 Å². The molecular formula is C12H17ClN2O. The molecule has 0 aliphatic rings. The van der Waals surface area contributed by atoms with Crippen LogP contribution in [0.1, 0.15) is 11.1 Å². The van der Waals surface area contributed by atoms with Gasteiger partial charge in [0.1, 0.15) is 5.88 Å². The van der Waals surface area contributed by atoms with Crippen molar-refractivity contribution in [2.45, 2.75) is 13.5 Å². The summed E-state index contributed by atoms with van der Waals surface area (Å²) in [4.78, 5) is 13.1. The molecule has 0 bridgehead atoms. The van der Waals surface area contributed by atoms with Crippen LogP contribution in [-0.2, 0) is 11.3 Å². The largest absolute Gasteiger partial charge is 0.378 e. The molecule has 88 valence electrons. The molecular weight excluding hydrogens is 224 g/mol. The molecule has 0 aliphatic carbocycles. The monoisotopic (exact) mass is 240 g/mol. The minimum Gasteiger partial charge on any atom is -0.378 e. The number of carbonyl (C=O) groups is 1. The van der Waals surface area contributed by atoms with E-state index in [0.717, 1.165) is 11.3 Å². The predicted octanol–water partition coefficient (Wildman–Crippen LogP) is 1.92. The Balaban J connectivity index is 2.72. The summed E-state index contributed by atoms with van der Waals surface area (Å²) in [7, 11) is 4.01. The van der Waals surface area contributed by atoms with E-state index in [1.54, 1.807) is 0 Å². The average Bonchev–Trinajstić information content (AvgIpc) is 2.26. The highest BCUT2D eigenvalue weighted by Gasteiger charge is 2.03. The van der Waals surface area contributed by atoms with Gasteiger partial charge in [-0.3, -0.25) is 4.79 Å². The van der Waals surface area contributed by atoms with Crippen molar-refractivity contribution >= 4 is 23.2 Å². The molecule has 0 fully saturated rings. The maximum Gasteiger partial charge on any atom is 0.235 e. The van der Waals surface area contributed by atoms with Crippen LogP contribution < -0.4 is 10.2 Å². The van der Waals surface area contributed by atoms with Crippen molar-refractivity contribution in [1.29, 1.82) is 0 Å². The normalized spacial score (nSPS) is 10.0. The van der Waals surface area contributed by atoms with Crippen LogP contribution in [0.4, 0.5) is 5.69 Å². The van der Waals surface area contributed by atoms with E-state index in [9.17, 15) is 4.79 Å². The Morgan fingerprint density at radius 3 is 2.62 bits per heavy atom. The number of halogens is 1. The number of hydrogen-bond acceptors (Lipinski definition) is 2. The number of nitrogens with zero attached hydrogens (tertiary/aromatic N) is 1. The lowest BCUT2D eigenvalue weighted by Gasteiger charge is -2.15.